The molecule has 1 rings (SSSR count). The van der Waals surface area contributed by atoms with Crippen LogP contribution in [0.25, 0.3) is 0 Å². The molecule has 1 amide bonds. The smallest absolute Gasteiger partial charge is 0.241 e. The van der Waals surface area contributed by atoms with Crippen molar-refractivity contribution in [1.29, 1.82) is 0 Å². The number of hydrogen-bond donors (Lipinski definition) is 0. The summed E-state index contributed by atoms with van der Waals surface area (Å²) < 4.78 is 0. The number of nitrogens with zero attached hydrogens (tertiary/aromatic N) is 1. The lowest BCUT2D eigenvalue weighted by Gasteiger charge is -2.24. The van der Waals surface area contributed by atoms with Crippen LogP contribution >= 0.6 is 0 Å². The summed E-state index contributed by atoms with van der Waals surface area (Å²) in [6.45, 7) is 8.28. The summed E-state index contributed by atoms with van der Waals surface area (Å²) in [4.78, 5) is 38.3. The zero-order chi connectivity index (χ0) is 18.1. The predicted molar refractivity (Wildman–Crippen MR) is 96.7 cm³/mol. The average molecular weight is 338 g/mol. The third kappa shape index (κ3) is 6.03. The zero-order valence-electron chi connectivity index (χ0n) is 16.0. The molecule has 1 heterocycles. The van der Waals surface area contributed by atoms with Gasteiger partial charge in [0.15, 0.2) is 11.7 Å². The molecule has 1 saturated heterocycles. The van der Waals surface area contributed by atoms with Crippen LogP contribution in [-0.2, 0) is 14.4 Å². The maximum atomic E-state index is 12.5. The Kier molecular flexibility index (Phi) is 9.24. The molecule has 0 aromatic carbocycles. The zero-order valence-corrected chi connectivity index (χ0v) is 16.0. The Morgan fingerprint density at radius 1 is 1.00 bits per heavy atom. The Hall–Kier alpha value is -1.19. The fourth-order valence-corrected chi connectivity index (χ4v) is 3.53. The molecule has 0 N–H and O–H groups in total. The van der Waals surface area contributed by atoms with Crippen molar-refractivity contribution in [3.05, 3.63) is 0 Å². The van der Waals surface area contributed by atoms with Crippen molar-refractivity contribution in [2.45, 2.75) is 91.5 Å². The second kappa shape index (κ2) is 10.6. The highest BCUT2D eigenvalue weighted by Crippen LogP contribution is 2.27. The predicted octanol–water partition coefficient (Wildman–Crippen LogP) is 4.16. The molecule has 2 atom stereocenters. The van der Waals surface area contributed by atoms with E-state index in [9.17, 15) is 14.4 Å². The minimum Gasteiger partial charge on any atom is -0.332 e. The molecule has 0 radical (unpaired) electrons. The molecule has 0 spiro atoms. The van der Waals surface area contributed by atoms with E-state index in [0.717, 1.165) is 12.8 Å². The van der Waals surface area contributed by atoms with Gasteiger partial charge in [-0.1, -0.05) is 65.7 Å². The van der Waals surface area contributed by atoms with Gasteiger partial charge in [-0.2, -0.15) is 0 Å². The van der Waals surface area contributed by atoms with Crippen LogP contribution in [-0.4, -0.2) is 35.0 Å². The summed E-state index contributed by atoms with van der Waals surface area (Å²) in [6.07, 6.45) is 10.3. The molecule has 0 aromatic heterocycles. The van der Waals surface area contributed by atoms with E-state index >= 15 is 0 Å². The van der Waals surface area contributed by atoms with Crippen LogP contribution in [0, 0.1) is 11.8 Å². The molecule has 138 valence electrons. The van der Waals surface area contributed by atoms with Gasteiger partial charge in [-0.15, -0.1) is 0 Å². The summed E-state index contributed by atoms with van der Waals surface area (Å²) in [5.74, 6) is -1.46. The van der Waals surface area contributed by atoms with Crippen LogP contribution in [0.5, 0.6) is 0 Å². The summed E-state index contributed by atoms with van der Waals surface area (Å²) in [6, 6.07) is -0.393. The highest BCUT2D eigenvalue weighted by atomic mass is 16.2. The number of carbonyl (C=O) groups excluding carboxylic acids is 3. The van der Waals surface area contributed by atoms with Crippen molar-refractivity contribution in [3.8, 4) is 0 Å². The minimum absolute atomic E-state index is 0.180. The molecule has 1 aliphatic rings. The third-order valence-corrected chi connectivity index (χ3v) is 4.87. The number of unbranched alkanes of at least 4 members (excludes halogenated alkanes) is 7. The lowest BCUT2D eigenvalue weighted by atomic mass is 9.94. The highest BCUT2D eigenvalue weighted by molar-refractivity contribution is 6.23. The summed E-state index contributed by atoms with van der Waals surface area (Å²) in [5, 5.41) is 0. The van der Waals surface area contributed by atoms with Crippen molar-refractivity contribution in [1.82, 2.24) is 4.90 Å². The Balaban J connectivity index is 2.46. The Morgan fingerprint density at radius 2 is 1.54 bits per heavy atom. The van der Waals surface area contributed by atoms with Gasteiger partial charge in [-0.05, 0) is 25.7 Å². The minimum atomic E-state index is -1.04. The van der Waals surface area contributed by atoms with Gasteiger partial charge in [0.1, 0.15) is 5.78 Å². The first-order valence-electron chi connectivity index (χ1n) is 9.74. The van der Waals surface area contributed by atoms with Crippen molar-refractivity contribution < 1.29 is 14.4 Å². The standard InChI is InChI=1S/C20H35NO3/c1-5-6-7-8-9-10-11-12-13-21-17(14-15(2)3)19(23)18(16(4)22)20(21)24/h15,17-18H,5-14H2,1-4H3/t17-,18?/m0/s1. The monoisotopic (exact) mass is 337 g/mol. The van der Waals surface area contributed by atoms with E-state index in [1.807, 2.05) is 13.8 Å². The largest absolute Gasteiger partial charge is 0.332 e. The lowest BCUT2D eigenvalue weighted by Crippen LogP contribution is -2.37. The fourth-order valence-electron chi connectivity index (χ4n) is 3.53. The molecule has 0 bridgehead atoms. The van der Waals surface area contributed by atoms with Gasteiger partial charge in [-0.25, -0.2) is 0 Å². The third-order valence-electron chi connectivity index (χ3n) is 4.87. The molecule has 0 aromatic rings. The number of Topliss-reactive ketones (excluding diaryl/α,β-unsaturated/α-hetero) is 2. The molecular formula is C20H35NO3. The van der Waals surface area contributed by atoms with Gasteiger partial charge in [0.25, 0.3) is 0 Å². The number of amides is 1. The van der Waals surface area contributed by atoms with Crippen molar-refractivity contribution in [2.75, 3.05) is 6.54 Å². The number of ketones is 2. The van der Waals surface area contributed by atoms with Crippen LogP contribution in [0.2, 0.25) is 0 Å². The van der Waals surface area contributed by atoms with Crippen LogP contribution in [0.3, 0.4) is 0 Å². The van der Waals surface area contributed by atoms with Crippen LogP contribution in [0.1, 0.15) is 85.5 Å². The molecule has 0 saturated carbocycles. The van der Waals surface area contributed by atoms with Crippen molar-refractivity contribution >= 4 is 17.5 Å². The van der Waals surface area contributed by atoms with Gasteiger partial charge in [0, 0.05) is 6.54 Å². The van der Waals surface area contributed by atoms with Crippen molar-refractivity contribution in [2.24, 2.45) is 11.8 Å². The fraction of sp³-hybridized carbons (Fsp3) is 0.850. The molecule has 24 heavy (non-hydrogen) atoms. The SMILES string of the molecule is CCCCCCCCCCN1C(=O)C(C(C)=O)C(=O)[C@@H]1CC(C)C. The van der Waals surface area contributed by atoms with E-state index < -0.39 is 12.0 Å². The normalized spacial score (nSPS) is 21.1. The number of hydrogen-bond acceptors (Lipinski definition) is 3. The molecule has 0 aliphatic carbocycles. The quantitative estimate of drug-likeness (QED) is 0.397. The molecule has 1 unspecified atom stereocenters. The molecule has 1 fully saturated rings. The molecular weight excluding hydrogens is 302 g/mol. The van der Waals surface area contributed by atoms with Gasteiger partial charge in [0.2, 0.25) is 5.91 Å². The van der Waals surface area contributed by atoms with E-state index in [2.05, 4.69) is 6.92 Å². The lowest BCUT2D eigenvalue weighted by molar-refractivity contribution is -0.138. The second-order valence-corrected chi connectivity index (χ2v) is 7.60. The van der Waals surface area contributed by atoms with Crippen LogP contribution in [0.4, 0.5) is 0 Å². The summed E-state index contributed by atoms with van der Waals surface area (Å²) >= 11 is 0. The first-order chi connectivity index (χ1) is 11.4. The summed E-state index contributed by atoms with van der Waals surface area (Å²) in [7, 11) is 0. The van der Waals surface area contributed by atoms with E-state index in [1.54, 1.807) is 4.90 Å². The van der Waals surface area contributed by atoms with Gasteiger partial charge in [0.05, 0.1) is 6.04 Å². The van der Waals surface area contributed by atoms with E-state index in [-0.39, 0.29) is 17.5 Å². The van der Waals surface area contributed by atoms with E-state index in [0.29, 0.717) is 18.9 Å². The maximum Gasteiger partial charge on any atom is 0.241 e. The Labute approximate surface area is 147 Å². The van der Waals surface area contributed by atoms with Gasteiger partial charge in [-0.3, -0.25) is 14.4 Å². The second-order valence-electron chi connectivity index (χ2n) is 7.60. The number of rotatable bonds is 12. The molecule has 4 heteroatoms. The highest BCUT2D eigenvalue weighted by Gasteiger charge is 2.48. The Bertz CT molecular complexity index is 431. The maximum absolute atomic E-state index is 12.5. The van der Waals surface area contributed by atoms with Crippen molar-refractivity contribution in [3.63, 3.8) is 0 Å². The first-order valence-corrected chi connectivity index (χ1v) is 9.74. The van der Waals surface area contributed by atoms with Crippen LogP contribution in [0.15, 0.2) is 0 Å². The molecule has 4 nitrogen and oxygen atoms in total. The first kappa shape index (κ1) is 20.9. The topological polar surface area (TPSA) is 54.5 Å². The van der Waals surface area contributed by atoms with E-state index in [1.165, 1.54) is 45.4 Å². The number of carbonyl (C=O) groups is 3. The van der Waals surface area contributed by atoms with Gasteiger partial charge >= 0.3 is 0 Å². The van der Waals surface area contributed by atoms with E-state index in [4.69, 9.17) is 0 Å². The summed E-state index contributed by atoms with van der Waals surface area (Å²) in [5.41, 5.74) is 0. The molecule has 1 aliphatic heterocycles. The number of likely N-dealkylation sites (tertiary alicyclic amines) is 1. The van der Waals surface area contributed by atoms with Gasteiger partial charge < -0.3 is 4.90 Å². The van der Waals surface area contributed by atoms with Crippen LogP contribution < -0.4 is 0 Å². The average Bonchev–Trinajstić information content (AvgIpc) is 2.73. The Morgan fingerprint density at radius 3 is 2.04 bits per heavy atom.